The molecule has 1 unspecified atom stereocenters. The van der Waals surface area contributed by atoms with E-state index in [2.05, 4.69) is 0 Å². The maximum Gasteiger partial charge on any atom is 0.295 e. The van der Waals surface area contributed by atoms with Gasteiger partial charge >= 0.3 is 0 Å². The van der Waals surface area contributed by atoms with Crippen molar-refractivity contribution in [2.45, 2.75) is 44.7 Å². The van der Waals surface area contributed by atoms with Crippen LogP contribution in [-0.2, 0) is 9.59 Å². The van der Waals surface area contributed by atoms with Crippen molar-refractivity contribution in [1.29, 1.82) is 0 Å². The van der Waals surface area contributed by atoms with Crippen LogP contribution in [0, 0.1) is 0 Å². The molecule has 31 heavy (non-hydrogen) atoms. The number of carbonyl (C=O) groups excluding carboxylic acids is 2. The zero-order valence-corrected chi connectivity index (χ0v) is 17.8. The summed E-state index contributed by atoms with van der Waals surface area (Å²) in [5.41, 5.74) is 1.27. The van der Waals surface area contributed by atoms with Crippen LogP contribution < -0.4 is 9.47 Å². The van der Waals surface area contributed by atoms with Gasteiger partial charge in [0.1, 0.15) is 17.3 Å². The van der Waals surface area contributed by atoms with Gasteiger partial charge in [-0.1, -0.05) is 31.0 Å². The molecule has 6 heteroatoms. The highest BCUT2D eigenvalue weighted by Gasteiger charge is 2.49. The third kappa shape index (κ3) is 3.78. The van der Waals surface area contributed by atoms with Gasteiger partial charge in [0.2, 0.25) is 0 Å². The number of amides is 1. The summed E-state index contributed by atoms with van der Waals surface area (Å²) in [4.78, 5) is 28.0. The number of likely N-dealkylation sites (tertiary alicyclic amines) is 1. The second-order valence-electron chi connectivity index (χ2n) is 7.84. The Balaban J connectivity index is 1.86. The van der Waals surface area contributed by atoms with E-state index in [1.165, 1.54) is 0 Å². The van der Waals surface area contributed by atoms with Crippen molar-refractivity contribution in [1.82, 2.24) is 4.90 Å². The van der Waals surface area contributed by atoms with E-state index in [-0.39, 0.29) is 17.4 Å². The fourth-order valence-electron chi connectivity index (χ4n) is 4.64. The minimum absolute atomic E-state index is 0.0306. The normalized spacial score (nSPS) is 21.0. The van der Waals surface area contributed by atoms with Crippen molar-refractivity contribution in [2.75, 3.05) is 13.7 Å². The molecule has 6 nitrogen and oxygen atoms in total. The number of nitrogens with zero attached hydrogens (tertiary/aromatic N) is 1. The van der Waals surface area contributed by atoms with Crippen LogP contribution >= 0.6 is 0 Å². The molecule has 1 heterocycles. The Hall–Kier alpha value is -3.28. The second-order valence-corrected chi connectivity index (χ2v) is 7.84. The van der Waals surface area contributed by atoms with Crippen molar-refractivity contribution in [3.8, 4) is 11.5 Å². The molecule has 4 rings (SSSR count). The Morgan fingerprint density at radius 3 is 2.39 bits per heavy atom. The van der Waals surface area contributed by atoms with E-state index >= 15 is 0 Å². The molecule has 1 aliphatic heterocycles. The molecular formula is C25H27NO5. The number of ether oxygens (including phenoxy) is 2. The lowest BCUT2D eigenvalue weighted by molar-refractivity contribution is -0.141. The van der Waals surface area contributed by atoms with Gasteiger partial charge in [0, 0.05) is 17.2 Å². The van der Waals surface area contributed by atoms with E-state index in [0.717, 1.165) is 25.7 Å². The number of rotatable bonds is 6. The summed E-state index contributed by atoms with van der Waals surface area (Å²) in [7, 11) is 1.56. The van der Waals surface area contributed by atoms with Gasteiger partial charge in [-0.2, -0.15) is 0 Å². The number of aliphatic hydroxyl groups is 1. The van der Waals surface area contributed by atoms with Gasteiger partial charge < -0.3 is 19.5 Å². The standard InChI is InChI=1S/C25H27NO5/c1-3-31-18-14-12-16(13-15-18)23(27)21-22(19-10-6-7-11-20(19)30-2)26(25(29)24(21)28)17-8-4-5-9-17/h6-7,10-15,17,22,27H,3-5,8-9H2,1-2H3/b23-21-. The molecule has 1 saturated carbocycles. The first-order chi connectivity index (χ1) is 15.1. The summed E-state index contributed by atoms with van der Waals surface area (Å²) in [5.74, 6) is -0.149. The number of hydrogen-bond acceptors (Lipinski definition) is 5. The van der Waals surface area contributed by atoms with E-state index in [1.807, 2.05) is 25.1 Å². The number of hydrogen-bond donors (Lipinski definition) is 1. The minimum atomic E-state index is -0.689. The van der Waals surface area contributed by atoms with Crippen LogP contribution in [0.4, 0.5) is 0 Å². The van der Waals surface area contributed by atoms with Crippen LogP contribution in [0.3, 0.4) is 0 Å². The predicted molar refractivity (Wildman–Crippen MR) is 117 cm³/mol. The molecular weight excluding hydrogens is 394 g/mol. The zero-order chi connectivity index (χ0) is 22.0. The van der Waals surface area contributed by atoms with Gasteiger partial charge in [-0.05, 0) is 50.1 Å². The van der Waals surface area contributed by atoms with Crippen molar-refractivity contribution in [3.05, 3.63) is 65.2 Å². The summed E-state index contributed by atoms with van der Waals surface area (Å²) in [6.45, 7) is 2.43. The van der Waals surface area contributed by atoms with Crippen LogP contribution in [0.2, 0.25) is 0 Å². The number of methoxy groups -OCH3 is 1. The second kappa shape index (κ2) is 8.84. The highest BCUT2D eigenvalue weighted by atomic mass is 16.5. The van der Waals surface area contributed by atoms with Crippen molar-refractivity contribution in [2.24, 2.45) is 0 Å². The number of carbonyl (C=O) groups is 2. The van der Waals surface area contributed by atoms with Crippen LogP contribution in [-0.4, -0.2) is 41.5 Å². The van der Waals surface area contributed by atoms with Gasteiger partial charge in [-0.3, -0.25) is 9.59 Å². The van der Waals surface area contributed by atoms with E-state index in [1.54, 1.807) is 42.3 Å². The lowest BCUT2D eigenvalue weighted by atomic mass is 9.94. The predicted octanol–water partition coefficient (Wildman–Crippen LogP) is 4.46. The topological polar surface area (TPSA) is 76.1 Å². The molecule has 2 aromatic carbocycles. The number of benzene rings is 2. The lowest BCUT2D eigenvalue weighted by Gasteiger charge is -2.31. The fraction of sp³-hybridized carbons (Fsp3) is 0.360. The number of aliphatic hydroxyl groups excluding tert-OH is 1. The van der Waals surface area contributed by atoms with Gasteiger partial charge in [-0.25, -0.2) is 0 Å². The van der Waals surface area contributed by atoms with Crippen molar-refractivity contribution in [3.63, 3.8) is 0 Å². The Kier molecular flexibility index (Phi) is 5.98. The molecule has 0 radical (unpaired) electrons. The van der Waals surface area contributed by atoms with Crippen LogP contribution in [0.5, 0.6) is 11.5 Å². The largest absolute Gasteiger partial charge is 0.507 e. The monoisotopic (exact) mass is 421 g/mol. The highest BCUT2D eigenvalue weighted by molar-refractivity contribution is 6.46. The molecule has 1 amide bonds. The molecule has 1 aliphatic carbocycles. The molecule has 2 fully saturated rings. The van der Waals surface area contributed by atoms with Crippen molar-refractivity contribution >= 4 is 17.4 Å². The van der Waals surface area contributed by atoms with Crippen LogP contribution in [0.15, 0.2) is 54.1 Å². The Labute approximate surface area is 182 Å². The highest BCUT2D eigenvalue weighted by Crippen LogP contribution is 2.45. The Morgan fingerprint density at radius 1 is 1.06 bits per heavy atom. The van der Waals surface area contributed by atoms with E-state index in [0.29, 0.717) is 29.2 Å². The van der Waals surface area contributed by atoms with Crippen LogP contribution in [0.25, 0.3) is 5.76 Å². The van der Waals surface area contributed by atoms with E-state index in [9.17, 15) is 14.7 Å². The number of ketones is 1. The molecule has 0 bridgehead atoms. The molecule has 2 aliphatic rings. The van der Waals surface area contributed by atoms with Gasteiger partial charge in [0.25, 0.3) is 11.7 Å². The first-order valence-electron chi connectivity index (χ1n) is 10.7. The summed E-state index contributed by atoms with van der Waals surface area (Å²) < 4.78 is 11.0. The molecule has 162 valence electrons. The molecule has 1 atom stereocenters. The first-order valence-corrected chi connectivity index (χ1v) is 10.7. The van der Waals surface area contributed by atoms with Crippen LogP contribution in [0.1, 0.15) is 49.8 Å². The molecule has 2 aromatic rings. The maximum atomic E-state index is 13.2. The zero-order valence-electron chi connectivity index (χ0n) is 17.8. The van der Waals surface area contributed by atoms with Gasteiger partial charge in [0.05, 0.1) is 25.3 Å². The molecule has 0 aromatic heterocycles. The third-order valence-corrected chi connectivity index (χ3v) is 6.07. The van der Waals surface area contributed by atoms with Gasteiger partial charge in [-0.15, -0.1) is 0 Å². The summed E-state index contributed by atoms with van der Waals surface area (Å²) in [6.07, 6.45) is 3.74. The first kappa shape index (κ1) is 21.0. The average Bonchev–Trinajstić information content (AvgIpc) is 3.41. The van der Waals surface area contributed by atoms with E-state index < -0.39 is 17.7 Å². The van der Waals surface area contributed by atoms with Gasteiger partial charge in [0.15, 0.2) is 0 Å². The summed E-state index contributed by atoms with van der Waals surface area (Å²) >= 11 is 0. The number of para-hydroxylation sites is 1. The lowest BCUT2D eigenvalue weighted by Crippen LogP contribution is -2.37. The maximum absolute atomic E-state index is 13.2. The smallest absolute Gasteiger partial charge is 0.295 e. The third-order valence-electron chi connectivity index (χ3n) is 6.07. The average molecular weight is 421 g/mol. The van der Waals surface area contributed by atoms with E-state index in [4.69, 9.17) is 9.47 Å². The molecule has 1 saturated heterocycles. The Morgan fingerprint density at radius 2 is 1.74 bits per heavy atom. The fourth-order valence-corrected chi connectivity index (χ4v) is 4.64. The molecule has 1 N–H and O–H groups in total. The Bertz CT molecular complexity index is 1000. The quantitative estimate of drug-likeness (QED) is 0.423. The minimum Gasteiger partial charge on any atom is -0.507 e. The molecule has 0 spiro atoms. The summed E-state index contributed by atoms with van der Waals surface area (Å²) in [6, 6.07) is 13.5. The van der Waals surface area contributed by atoms with Crippen molar-refractivity contribution < 1.29 is 24.2 Å². The SMILES string of the molecule is CCOc1ccc(/C(O)=C2/C(=O)C(=O)N(C3CCCC3)C2c2ccccc2OC)cc1. The summed E-state index contributed by atoms with van der Waals surface area (Å²) in [5, 5.41) is 11.2. The number of Topliss-reactive ketones (excluding diaryl/α,β-unsaturated/α-hetero) is 1.